The van der Waals surface area contributed by atoms with E-state index in [1.54, 1.807) is 0 Å². The first-order valence-electron chi connectivity index (χ1n) is 8.67. The maximum atomic E-state index is 3.83. The van der Waals surface area contributed by atoms with Crippen LogP contribution in [0.25, 0.3) is 0 Å². The molecule has 2 nitrogen and oxygen atoms in total. The van der Waals surface area contributed by atoms with Gasteiger partial charge in [0.15, 0.2) is 0 Å². The molecule has 0 aromatic heterocycles. The molecule has 1 N–H and O–H groups in total. The Morgan fingerprint density at radius 2 is 1.90 bits per heavy atom. The topological polar surface area (TPSA) is 15.3 Å². The molecule has 21 heavy (non-hydrogen) atoms. The van der Waals surface area contributed by atoms with Gasteiger partial charge in [-0.05, 0) is 43.7 Å². The van der Waals surface area contributed by atoms with E-state index in [4.69, 9.17) is 0 Å². The molecule has 0 bridgehead atoms. The highest BCUT2D eigenvalue weighted by Crippen LogP contribution is 2.24. The summed E-state index contributed by atoms with van der Waals surface area (Å²) in [6.07, 6.45) is 4.86. The van der Waals surface area contributed by atoms with Crippen LogP contribution in [0.3, 0.4) is 0 Å². The summed E-state index contributed by atoms with van der Waals surface area (Å²) in [6, 6.07) is 9.51. The molecule has 0 amide bonds. The van der Waals surface area contributed by atoms with E-state index in [1.165, 1.54) is 49.9 Å². The number of rotatable bonds is 6. The summed E-state index contributed by atoms with van der Waals surface area (Å²) >= 11 is 0. The Hall–Kier alpha value is -0.860. The number of benzene rings is 1. The Balaban J connectivity index is 2.03. The van der Waals surface area contributed by atoms with Crippen LogP contribution >= 0.6 is 0 Å². The lowest BCUT2D eigenvalue weighted by atomic mass is 9.88. The average Bonchev–Trinajstić information content (AvgIpc) is 2.53. The van der Waals surface area contributed by atoms with Crippen LogP contribution in [0.4, 0.5) is 0 Å². The summed E-state index contributed by atoms with van der Waals surface area (Å²) in [6.45, 7) is 12.7. The van der Waals surface area contributed by atoms with Gasteiger partial charge in [0.1, 0.15) is 0 Å². The van der Waals surface area contributed by atoms with E-state index < -0.39 is 0 Å². The lowest BCUT2D eigenvalue weighted by Crippen LogP contribution is -2.63. The summed E-state index contributed by atoms with van der Waals surface area (Å²) in [5, 5.41) is 3.83. The lowest BCUT2D eigenvalue weighted by Gasteiger charge is -2.47. The fraction of sp³-hybridized carbons (Fsp3) is 0.684. The van der Waals surface area contributed by atoms with Gasteiger partial charge >= 0.3 is 0 Å². The smallest absolute Gasteiger partial charge is 0.0304 e. The van der Waals surface area contributed by atoms with E-state index >= 15 is 0 Å². The van der Waals surface area contributed by atoms with Crippen LogP contribution in [0.5, 0.6) is 0 Å². The SMILES string of the molecule is CCC1CNC(CC)(CC)CN1CCc1ccccc1C. The van der Waals surface area contributed by atoms with Crippen molar-refractivity contribution in [3.05, 3.63) is 35.4 Å². The first kappa shape index (κ1) is 16.5. The van der Waals surface area contributed by atoms with Gasteiger partial charge in [0.05, 0.1) is 0 Å². The summed E-state index contributed by atoms with van der Waals surface area (Å²) < 4.78 is 0. The Labute approximate surface area is 130 Å². The predicted octanol–water partition coefficient (Wildman–Crippen LogP) is 3.78. The first-order chi connectivity index (χ1) is 10.1. The van der Waals surface area contributed by atoms with E-state index in [0.717, 1.165) is 6.54 Å². The number of aryl methyl sites for hydroxylation is 1. The predicted molar refractivity (Wildman–Crippen MR) is 91.9 cm³/mol. The molecule has 1 aliphatic rings. The van der Waals surface area contributed by atoms with Gasteiger partial charge in [0.25, 0.3) is 0 Å². The highest BCUT2D eigenvalue weighted by molar-refractivity contribution is 5.25. The van der Waals surface area contributed by atoms with Crippen molar-refractivity contribution in [2.24, 2.45) is 0 Å². The van der Waals surface area contributed by atoms with Gasteiger partial charge in [-0.15, -0.1) is 0 Å². The molecule has 0 spiro atoms. The van der Waals surface area contributed by atoms with Crippen LogP contribution in [0.15, 0.2) is 24.3 Å². The summed E-state index contributed by atoms with van der Waals surface area (Å²) in [4.78, 5) is 2.73. The molecule has 1 aliphatic heterocycles. The van der Waals surface area contributed by atoms with Crippen molar-refractivity contribution in [3.8, 4) is 0 Å². The van der Waals surface area contributed by atoms with E-state index in [1.807, 2.05) is 0 Å². The number of hydrogen-bond acceptors (Lipinski definition) is 2. The second kappa shape index (κ2) is 7.42. The van der Waals surface area contributed by atoms with Crippen molar-refractivity contribution in [2.45, 2.75) is 65.0 Å². The van der Waals surface area contributed by atoms with Crippen LogP contribution in [0.1, 0.15) is 51.2 Å². The summed E-state index contributed by atoms with van der Waals surface area (Å²) in [7, 11) is 0. The van der Waals surface area contributed by atoms with Crippen LogP contribution < -0.4 is 5.32 Å². The highest BCUT2D eigenvalue weighted by atomic mass is 15.2. The van der Waals surface area contributed by atoms with E-state index in [2.05, 4.69) is 62.2 Å². The number of piperazine rings is 1. The molecule has 1 unspecified atom stereocenters. The van der Waals surface area contributed by atoms with Gasteiger partial charge in [0.2, 0.25) is 0 Å². The largest absolute Gasteiger partial charge is 0.308 e. The third kappa shape index (κ3) is 3.87. The van der Waals surface area contributed by atoms with Crippen molar-refractivity contribution in [1.82, 2.24) is 10.2 Å². The Bertz CT molecular complexity index is 437. The van der Waals surface area contributed by atoms with Crippen LogP contribution in [-0.2, 0) is 6.42 Å². The third-order valence-electron chi connectivity index (χ3n) is 5.49. The molecule has 2 rings (SSSR count). The molecule has 1 aromatic rings. The fourth-order valence-electron chi connectivity index (χ4n) is 3.58. The summed E-state index contributed by atoms with van der Waals surface area (Å²) in [5.41, 5.74) is 3.26. The van der Waals surface area contributed by atoms with Gasteiger partial charge in [-0.1, -0.05) is 45.0 Å². The minimum Gasteiger partial charge on any atom is -0.308 e. The molecule has 0 aliphatic carbocycles. The normalized spacial score (nSPS) is 22.4. The quantitative estimate of drug-likeness (QED) is 0.857. The fourth-order valence-corrected chi connectivity index (χ4v) is 3.58. The molecule has 1 fully saturated rings. The summed E-state index contributed by atoms with van der Waals surface area (Å²) in [5.74, 6) is 0. The molecule has 1 saturated heterocycles. The molecule has 0 radical (unpaired) electrons. The zero-order chi connectivity index (χ0) is 15.3. The van der Waals surface area contributed by atoms with Crippen LogP contribution in [0, 0.1) is 6.92 Å². The standard InChI is InChI=1S/C19H32N2/c1-5-18-14-20-19(6-2,7-3)15-21(18)13-12-17-11-9-8-10-16(17)4/h8-11,18,20H,5-7,12-15H2,1-4H3. The van der Waals surface area contributed by atoms with Gasteiger partial charge in [0, 0.05) is 31.2 Å². The number of nitrogens with one attached hydrogen (secondary N) is 1. The van der Waals surface area contributed by atoms with Crippen molar-refractivity contribution in [1.29, 1.82) is 0 Å². The van der Waals surface area contributed by atoms with E-state index in [-0.39, 0.29) is 0 Å². The molecule has 0 saturated carbocycles. The average molecular weight is 288 g/mol. The Kier molecular flexibility index (Phi) is 5.83. The van der Waals surface area contributed by atoms with Gasteiger partial charge < -0.3 is 5.32 Å². The molecule has 118 valence electrons. The third-order valence-corrected chi connectivity index (χ3v) is 5.49. The second-order valence-corrected chi connectivity index (χ2v) is 6.58. The monoisotopic (exact) mass is 288 g/mol. The molecular weight excluding hydrogens is 256 g/mol. The minimum atomic E-state index is 0.331. The molecule has 1 atom stereocenters. The number of hydrogen-bond donors (Lipinski definition) is 1. The molecule has 2 heteroatoms. The molecular formula is C19H32N2. The zero-order valence-electron chi connectivity index (χ0n) is 14.3. The Morgan fingerprint density at radius 1 is 1.19 bits per heavy atom. The van der Waals surface area contributed by atoms with Crippen molar-refractivity contribution >= 4 is 0 Å². The van der Waals surface area contributed by atoms with E-state index in [0.29, 0.717) is 11.6 Å². The molecule has 1 aromatic carbocycles. The maximum absolute atomic E-state index is 3.83. The zero-order valence-corrected chi connectivity index (χ0v) is 14.3. The van der Waals surface area contributed by atoms with Crippen molar-refractivity contribution < 1.29 is 0 Å². The van der Waals surface area contributed by atoms with Crippen LogP contribution in [-0.4, -0.2) is 36.1 Å². The van der Waals surface area contributed by atoms with Gasteiger partial charge in [-0.3, -0.25) is 4.90 Å². The van der Waals surface area contributed by atoms with Crippen molar-refractivity contribution in [3.63, 3.8) is 0 Å². The molecule has 1 heterocycles. The lowest BCUT2D eigenvalue weighted by molar-refractivity contribution is 0.0716. The highest BCUT2D eigenvalue weighted by Gasteiger charge is 2.35. The van der Waals surface area contributed by atoms with Gasteiger partial charge in [-0.2, -0.15) is 0 Å². The Morgan fingerprint density at radius 3 is 2.52 bits per heavy atom. The van der Waals surface area contributed by atoms with Crippen LogP contribution in [0.2, 0.25) is 0 Å². The maximum Gasteiger partial charge on any atom is 0.0304 e. The van der Waals surface area contributed by atoms with E-state index in [9.17, 15) is 0 Å². The minimum absolute atomic E-state index is 0.331. The van der Waals surface area contributed by atoms with Gasteiger partial charge in [-0.25, -0.2) is 0 Å². The number of nitrogens with zero attached hydrogens (tertiary/aromatic N) is 1. The second-order valence-electron chi connectivity index (χ2n) is 6.58. The first-order valence-corrected chi connectivity index (χ1v) is 8.67. The van der Waals surface area contributed by atoms with Crippen molar-refractivity contribution in [2.75, 3.05) is 19.6 Å².